The Morgan fingerprint density at radius 1 is 1.57 bits per heavy atom. The molecule has 0 aliphatic rings. The molecule has 1 amide bonds. The minimum absolute atomic E-state index is 0.00625. The van der Waals surface area contributed by atoms with Gasteiger partial charge in [0, 0.05) is 12.5 Å². The highest BCUT2D eigenvalue weighted by atomic mass is 16.5. The lowest BCUT2D eigenvalue weighted by atomic mass is 10.2. The predicted molar refractivity (Wildman–Crippen MR) is 54.0 cm³/mol. The Morgan fingerprint density at radius 2 is 2.36 bits per heavy atom. The molecule has 0 aliphatic carbocycles. The zero-order valence-electron chi connectivity index (χ0n) is 8.67. The van der Waals surface area contributed by atoms with Crippen molar-refractivity contribution in [2.45, 2.75) is 39.5 Å². The predicted octanol–water partition coefficient (Wildman–Crippen LogP) is 2.50. The fourth-order valence-corrected chi connectivity index (χ4v) is 1.17. The summed E-state index contributed by atoms with van der Waals surface area (Å²) in [4.78, 5) is 11.3. The maximum Gasteiger partial charge on any atom is 0.225 e. The molecule has 1 heterocycles. The number of rotatable bonds is 5. The van der Waals surface area contributed by atoms with E-state index < -0.39 is 0 Å². The Morgan fingerprint density at radius 3 is 2.93 bits per heavy atom. The molecule has 1 aromatic rings. The van der Waals surface area contributed by atoms with Crippen LogP contribution in [0.1, 0.15) is 38.4 Å². The lowest BCUT2D eigenvalue weighted by Gasteiger charge is -1.99. The number of anilines is 1. The second-order valence-corrected chi connectivity index (χ2v) is 3.33. The van der Waals surface area contributed by atoms with Gasteiger partial charge in [-0.15, -0.1) is 0 Å². The Hall–Kier alpha value is -1.32. The van der Waals surface area contributed by atoms with Gasteiger partial charge in [-0.2, -0.15) is 0 Å². The van der Waals surface area contributed by atoms with Crippen molar-refractivity contribution in [1.29, 1.82) is 0 Å². The minimum Gasteiger partial charge on any atom is -0.360 e. The monoisotopic (exact) mass is 196 g/mol. The van der Waals surface area contributed by atoms with E-state index in [-0.39, 0.29) is 5.91 Å². The van der Waals surface area contributed by atoms with E-state index in [1.807, 2.05) is 0 Å². The van der Waals surface area contributed by atoms with Crippen molar-refractivity contribution in [3.05, 3.63) is 11.8 Å². The molecular formula is C10H16N2O2. The maximum atomic E-state index is 11.3. The zero-order chi connectivity index (χ0) is 10.4. The van der Waals surface area contributed by atoms with E-state index in [1.54, 1.807) is 13.0 Å². The molecule has 0 fully saturated rings. The molecule has 0 unspecified atom stereocenters. The topological polar surface area (TPSA) is 55.1 Å². The van der Waals surface area contributed by atoms with Gasteiger partial charge >= 0.3 is 0 Å². The Kier molecular flexibility index (Phi) is 4.16. The van der Waals surface area contributed by atoms with E-state index in [1.165, 1.54) is 0 Å². The van der Waals surface area contributed by atoms with Crippen molar-refractivity contribution < 1.29 is 9.32 Å². The van der Waals surface area contributed by atoms with Crippen LogP contribution in [0.4, 0.5) is 5.82 Å². The van der Waals surface area contributed by atoms with Crippen LogP contribution in [0.2, 0.25) is 0 Å². The number of nitrogens with zero attached hydrogens (tertiary/aromatic N) is 1. The summed E-state index contributed by atoms with van der Waals surface area (Å²) in [5.41, 5.74) is 0. The lowest BCUT2D eigenvalue weighted by molar-refractivity contribution is -0.116. The van der Waals surface area contributed by atoms with Crippen LogP contribution in [0.3, 0.4) is 0 Å². The first kappa shape index (κ1) is 10.8. The van der Waals surface area contributed by atoms with Gasteiger partial charge in [-0.05, 0) is 13.3 Å². The first-order chi connectivity index (χ1) is 6.72. The Bertz CT molecular complexity index is 294. The lowest BCUT2D eigenvalue weighted by Crippen LogP contribution is -2.11. The Balaban J connectivity index is 2.27. The second kappa shape index (κ2) is 5.42. The first-order valence-electron chi connectivity index (χ1n) is 4.95. The molecule has 0 aromatic carbocycles. The summed E-state index contributed by atoms with van der Waals surface area (Å²) in [6.45, 7) is 3.90. The maximum absolute atomic E-state index is 11.3. The molecule has 4 heteroatoms. The number of amides is 1. The van der Waals surface area contributed by atoms with Gasteiger partial charge in [0.2, 0.25) is 5.91 Å². The van der Waals surface area contributed by atoms with Crippen molar-refractivity contribution in [1.82, 2.24) is 5.16 Å². The number of hydrogen-bond donors (Lipinski definition) is 1. The van der Waals surface area contributed by atoms with Gasteiger partial charge in [-0.1, -0.05) is 24.9 Å². The van der Waals surface area contributed by atoms with Crippen LogP contribution in [0.15, 0.2) is 10.6 Å². The molecule has 14 heavy (non-hydrogen) atoms. The molecule has 0 bridgehead atoms. The average molecular weight is 196 g/mol. The molecule has 0 saturated heterocycles. The molecular weight excluding hydrogens is 180 g/mol. The van der Waals surface area contributed by atoms with Gasteiger partial charge in [0.15, 0.2) is 5.82 Å². The highest BCUT2D eigenvalue weighted by molar-refractivity contribution is 5.89. The quantitative estimate of drug-likeness (QED) is 0.736. The number of carbonyl (C=O) groups is 1. The van der Waals surface area contributed by atoms with Crippen molar-refractivity contribution in [2.75, 3.05) is 5.32 Å². The van der Waals surface area contributed by atoms with Gasteiger partial charge < -0.3 is 9.84 Å². The number of unbranched alkanes of at least 4 members (excludes halogenated alkanes) is 2. The second-order valence-electron chi connectivity index (χ2n) is 3.33. The molecule has 1 N–H and O–H groups in total. The van der Waals surface area contributed by atoms with E-state index in [0.29, 0.717) is 18.0 Å². The SMILES string of the molecule is CCCCCC(=O)Nc1cc(C)on1. The summed E-state index contributed by atoms with van der Waals surface area (Å²) in [6, 6.07) is 1.71. The van der Waals surface area contributed by atoms with Crippen LogP contribution in [0, 0.1) is 6.92 Å². The third-order valence-electron chi connectivity index (χ3n) is 1.90. The fourth-order valence-electron chi connectivity index (χ4n) is 1.17. The first-order valence-corrected chi connectivity index (χ1v) is 4.95. The minimum atomic E-state index is 0.00625. The normalized spacial score (nSPS) is 10.1. The zero-order valence-corrected chi connectivity index (χ0v) is 8.67. The standard InChI is InChI=1S/C10H16N2O2/c1-3-4-5-6-10(13)11-9-7-8(2)14-12-9/h7H,3-6H2,1-2H3,(H,11,12,13). The van der Waals surface area contributed by atoms with Gasteiger partial charge in [0.25, 0.3) is 0 Å². The smallest absolute Gasteiger partial charge is 0.225 e. The van der Waals surface area contributed by atoms with Gasteiger partial charge in [-0.3, -0.25) is 4.79 Å². The number of hydrogen-bond acceptors (Lipinski definition) is 3. The number of aryl methyl sites for hydroxylation is 1. The molecule has 1 aromatic heterocycles. The van der Waals surface area contributed by atoms with E-state index in [0.717, 1.165) is 19.3 Å². The molecule has 0 saturated carbocycles. The molecule has 0 atom stereocenters. The van der Waals surface area contributed by atoms with Crippen LogP contribution in [-0.2, 0) is 4.79 Å². The molecule has 0 radical (unpaired) electrons. The molecule has 4 nitrogen and oxygen atoms in total. The van der Waals surface area contributed by atoms with E-state index in [2.05, 4.69) is 17.4 Å². The summed E-state index contributed by atoms with van der Waals surface area (Å²) < 4.78 is 4.83. The highest BCUT2D eigenvalue weighted by Crippen LogP contribution is 2.08. The molecule has 0 aliphatic heterocycles. The fraction of sp³-hybridized carbons (Fsp3) is 0.600. The Labute approximate surface area is 83.7 Å². The van der Waals surface area contributed by atoms with Gasteiger partial charge in [0.1, 0.15) is 5.76 Å². The number of aromatic nitrogens is 1. The summed E-state index contributed by atoms with van der Waals surface area (Å²) >= 11 is 0. The number of nitrogens with one attached hydrogen (secondary N) is 1. The largest absolute Gasteiger partial charge is 0.360 e. The summed E-state index contributed by atoms with van der Waals surface area (Å²) in [6.07, 6.45) is 3.69. The average Bonchev–Trinajstić information content (AvgIpc) is 2.52. The van der Waals surface area contributed by atoms with Gasteiger partial charge in [0.05, 0.1) is 0 Å². The van der Waals surface area contributed by atoms with Crippen molar-refractivity contribution in [3.8, 4) is 0 Å². The molecule has 0 spiro atoms. The van der Waals surface area contributed by atoms with Crippen molar-refractivity contribution in [3.63, 3.8) is 0 Å². The van der Waals surface area contributed by atoms with Crippen LogP contribution < -0.4 is 5.32 Å². The summed E-state index contributed by atoms with van der Waals surface area (Å²) in [7, 11) is 0. The van der Waals surface area contributed by atoms with E-state index >= 15 is 0 Å². The summed E-state index contributed by atoms with van der Waals surface area (Å²) in [5, 5.41) is 6.35. The van der Waals surface area contributed by atoms with Crippen LogP contribution in [0.25, 0.3) is 0 Å². The third kappa shape index (κ3) is 3.60. The van der Waals surface area contributed by atoms with Crippen LogP contribution >= 0.6 is 0 Å². The van der Waals surface area contributed by atoms with E-state index in [4.69, 9.17) is 4.52 Å². The van der Waals surface area contributed by atoms with Crippen LogP contribution in [0.5, 0.6) is 0 Å². The summed E-state index contributed by atoms with van der Waals surface area (Å²) in [5.74, 6) is 1.21. The molecule has 1 rings (SSSR count). The molecule has 78 valence electrons. The van der Waals surface area contributed by atoms with Gasteiger partial charge in [-0.25, -0.2) is 0 Å². The highest BCUT2D eigenvalue weighted by Gasteiger charge is 2.04. The third-order valence-corrected chi connectivity index (χ3v) is 1.90. The van der Waals surface area contributed by atoms with Crippen LogP contribution in [-0.4, -0.2) is 11.1 Å². The van der Waals surface area contributed by atoms with Crippen molar-refractivity contribution >= 4 is 11.7 Å². The van der Waals surface area contributed by atoms with Crippen molar-refractivity contribution in [2.24, 2.45) is 0 Å². The number of carbonyl (C=O) groups excluding carboxylic acids is 1. The van der Waals surface area contributed by atoms with E-state index in [9.17, 15) is 4.79 Å².